The number of anilines is 1. The average Bonchev–Trinajstić information content (AvgIpc) is 2.57. The van der Waals surface area contributed by atoms with E-state index in [-0.39, 0.29) is 5.91 Å². The zero-order valence-corrected chi connectivity index (χ0v) is 8.32. The molecule has 0 atom stereocenters. The van der Waals surface area contributed by atoms with Crippen LogP contribution in [0.5, 0.6) is 0 Å². The summed E-state index contributed by atoms with van der Waals surface area (Å²) in [4.78, 5) is 11.4. The Morgan fingerprint density at radius 1 is 1.29 bits per heavy atom. The van der Waals surface area contributed by atoms with Crippen LogP contribution in [0.4, 0.5) is 5.69 Å². The Hall–Kier alpha value is -1.64. The molecule has 14 heavy (non-hydrogen) atoms. The number of aryl methyl sites for hydroxylation is 2. The molecule has 0 saturated carbocycles. The zero-order valence-electron chi connectivity index (χ0n) is 8.32. The van der Waals surface area contributed by atoms with E-state index in [4.69, 9.17) is 0 Å². The van der Waals surface area contributed by atoms with E-state index in [1.54, 1.807) is 6.21 Å². The van der Waals surface area contributed by atoms with Crippen molar-refractivity contribution in [1.29, 1.82) is 0 Å². The lowest BCUT2D eigenvalue weighted by Crippen LogP contribution is -2.19. The molecule has 0 radical (unpaired) electrons. The Labute approximate surface area is 83.0 Å². The summed E-state index contributed by atoms with van der Waals surface area (Å²) in [5.74, 6) is 0.0354. The third kappa shape index (κ3) is 1.41. The normalized spacial score (nSPS) is 15.3. The van der Waals surface area contributed by atoms with Crippen molar-refractivity contribution in [3.8, 4) is 0 Å². The number of carbonyl (C=O) groups is 1. The van der Waals surface area contributed by atoms with Gasteiger partial charge in [0.05, 0.1) is 12.1 Å². The predicted octanol–water partition coefficient (Wildman–Crippen LogP) is 2.03. The van der Waals surface area contributed by atoms with Gasteiger partial charge in [-0.15, -0.1) is 0 Å². The molecule has 0 unspecified atom stereocenters. The van der Waals surface area contributed by atoms with Crippen LogP contribution >= 0.6 is 0 Å². The van der Waals surface area contributed by atoms with Crippen LogP contribution in [0.15, 0.2) is 23.3 Å². The van der Waals surface area contributed by atoms with E-state index in [9.17, 15) is 4.79 Å². The molecule has 0 saturated heterocycles. The Balaban J connectivity index is 2.37. The number of rotatable bonds is 1. The molecule has 1 heterocycles. The number of nitrogens with zero attached hydrogens (tertiary/aromatic N) is 2. The van der Waals surface area contributed by atoms with Crippen molar-refractivity contribution in [3.05, 3.63) is 29.3 Å². The summed E-state index contributed by atoms with van der Waals surface area (Å²) in [6.45, 7) is 4.08. The van der Waals surface area contributed by atoms with E-state index in [1.807, 2.05) is 32.0 Å². The van der Waals surface area contributed by atoms with Crippen molar-refractivity contribution >= 4 is 17.8 Å². The minimum Gasteiger partial charge on any atom is -0.272 e. The molecule has 0 spiro atoms. The fourth-order valence-electron chi connectivity index (χ4n) is 1.42. The third-order valence-corrected chi connectivity index (χ3v) is 2.43. The Bertz CT molecular complexity index is 410. The molecule has 1 aliphatic heterocycles. The molecule has 0 aliphatic carbocycles. The average molecular weight is 188 g/mol. The highest BCUT2D eigenvalue weighted by atomic mass is 16.2. The van der Waals surface area contributed by atoms with Crippen LogP contribution in [0.3, 0.4) is 0 Å². The van der Waals surface area contributed by atoms with Crippen LogP contribution < -0.4 is 5.01 Å². The first-order chi connectivity index (χ1) is 6.68. The van der Waals surface area contributed by atoms with E-state index in [2.05, 4.69) is 5.10 Å². The van der Waals surface area contributed by atoms with Crippen molar-refractivity contribution in [2.75, 3.05) is 5.01 Å². The summed E-state index contributed by atoms with van der Waals surface area (Å²) in [5, 5.41) is 5.47. The van der Waals surface area contributed by atoms with Gasteiger partial charge in [0, 0.05) is 6.21 Å². The van der Waals surface area contributed by atoms with Crippen LogP contribution in [0.1, 0.15) is 17.5 Å². The topological polar surface area (TPSA) is 32.7 Å². The fourth-order valence-corrected chi connectivity index (χ4v) is 1.42. The van der Waals surface area contributed by atoms with Gasteiger partial charge in [-0.25, -0.2) is 5.01 Å². The summed E-state index contributed by atoms with van der Waals surface area (Å²) in [6, 6.07) is 5.91. The highest BCUT2D eigenvalue weighted by Gasteiger charge is 2.18. The van der Waals surface area contributed by atoms with Crippen molar-refractivity contribution in [2.45, 2.75) is 20.3 Å². The molecule has 0 N–H and O–H groups in total. The van der Waals surface area contributed by atoms with Crippen LogP contribution in [0.25, 0.3) is 0 Å². The fraction of sp³-hybridized carbons (Fsp3) is 0.273. The van der Waals surface area contributed by atoms with E-state index in [1.165, 1.54) is 16.1 Å². The molecule has 1 aromatic carbocycles. The number of hydrogen-bond acceptors (Lipinski definition) is 2. The van der Waals surface area contributed by atoms with E-state index < -0.39 is 0 Å². The van der Waals surface area contributed by atoms with Crippen LogP contribution in [0.2, 0.25) is 0 Å². The first-order valence-corrected chi connectivity index (χ1v) is 4.61. The predicted molar refractivity (Wildman–Crippen MR) is 56.5 cm³/mol. The zero-order chi connectivity index (χ0) is 10.1. The lowest BCUT2D eigenvalue weighted by atomic mass is 10.1. The number of amides is 1. The summed E-state index contributed by atoms with van der Waals surface area (Å²) in [6.07, 6.45) is 2.05. The van der Waals surface area contributed by atoms with E-state index in [0.29, 0.717) is 6.42 Å². The molecule has 3 nitrogen and oxygen atoms in total. The van der Waals surface area contributed by atoms with Crippen molar-refractivity contribution < 1.29 is 4.79 Å². The molecule has 72 valence electrons. The van der Waals surface area contributed by atoms with E-state index in [0.717, 1.165) is 5.69 Å². The van der Waals surface area contributed by atoms with Gasteiger partial charge in [0.15, 0.2) is 0 Å². The number of hydrazone groups is 1. The first-order valence-electron chi connectivity index (χ1n) is 4.61. The van der Waals surface area contributed by atoms with Gasteiger partial charge < -0.3 is 0 Å². The van der Waals surface area contributed by atoms with Gasteiger partial charge >= 0.3 is 0 Å². The summed E-state index contributed by atoms with van der Waals surface area (Å²) >= 11 is 0. The maximum atomic E-state index is 11.4. The van der Waals surface area contributed by atoms with Crippen molar-refractivity contribution in [3.63, 3.8) is 0 Å². The van der Waals surface area contributed by atoms with Gasteiger partial charge in [-0.05, 0) is 37.1 Å². The van der Waals surface area contributed by atoms with Gasteiger partial charge in [0.2, 0.25) is 0 Å². The van der Waals surface area contributed by atoms with Crippen LogP contribution in [-0.4, -0.2) is 12.1 Å². The smallest absolute Gasteiger partial charge is 0.252 e. The van der Waals surface area contributed by atoms with Crippen LogP contribution in [-0.2, 0) is 4.79 Å². The minimum atomic E-state index is 0.0354. The van der Waals surface area contributed by atoms with Gasteiger partial charge in [0.1, 0.15) is 0 Å². The Morgan fingerprint density at radius 2 is 2.07 bits per heavy atom. The monoisotopic (exact) mass is 188 g/mol. The second-order valence-corrected chi connectivity index (χ2v) is 3.48. The molecule has 1 amide bonds. The maximum Gasteiger partial charge on any atom is 0.252 e. The van der Waals surface area contributed by atoms with Gasteiger partial charge in [-0.3, -0.25) is 4.79 Å². The van der Waals surface area contributed by atoms with Crippen molar-refractivity contribution in [1.82, 2.24) is 0 Å². The molecule has 1 aliphatic rings. The number of benzene rings is 1. The lowest BCUT2D eigenvalue weighted by molar-refractivity contribution is -0.116. The first kappa shape index (κ1) is 8.94. The SMILES string of the molecule is Cc1ccc(N2N=CCC2=O)cc1C. The molecule has 0 fully saturated rings. The lowest BCUT2D eigenvalue weighted by Gasteiger charge is -2.13. The highest BCUT2D eigenvalue weighted by Crippen LogP contribution is 2.21. The van der Waals surface area contributed by atoms with Crippen molar-refractivity contribution in [2.24, 2.45) is 5.10 Å². The number of carbonyl (C=O) groups excluding carboxylic acids is 1. The minimum absolute atomic E-state index is 0.0354. The molecule has 2 rings (SSSR count). The van der Waals surface area contributed by atoms with Gasteiger partial charge in [-0.2, -0.15) is 5.10 Å². The molecular weight excluding hydrogens is 176 g/mol. The number of hydrogen-bond donors (Lipinski definition) is 0. The quantitative estimate of drug-likeness (QED) is 0.663. The standard InChI is InChI=1S/C11H12N2O/c1-8-3-4-10(7-9(8)2)13-11(14)5-6-12-13/h3-4,6-7H,5H2,1-2H3. The molecular formula is C11H12N2O. The third-order valence-electron chi connectivity index (χ3n) is 2.43. The Morgan fingerprint density at radius 3 is 2.64 bits per heavy atom. The van der Waals surface area contributed by atoms with Gasteiger partial charge in [0.25, 0.3) is 5.91 Å². The van der Waals surface area contributed by atoms with E-state index >= 15 is 0 Å². The molecule has 0 bridgehead atoms. The van der Waals surface area contributed by atoms with Gasteiger partial charge in [-0.1, -0.05) is 6.07 Å². The summed E-state index contributed by atoms with van der Waals surface area (Å²) < 4.78 is 0. The second-order valence-electron chi connectivity index (χ2n) is 3.48. The summed E-state index contributed by atoms with van der Waals surface area (Å²) in [7, 11) is 0. The maximum absolute atomic E-state index is 11.4. The second kappa shape index (κ2) is 3.25. The summed E-state index contributed by atoms with van der Waals surface area (Å²) in [5.41, 5.74) is 3.26. The molecule has 3 heteroatoms. The van der Waals surface area contributed by atoms with Crippen LogP contribution in [0, 0.1) is 13.8 Å². The largest absolute Gasteiger partial charge is 0.272 e. The molecule has 0 aromatic heterocycles. The molecule has 1 aromatic rings. The highest BCUT2D eigenvalue weighted by molar-refractivity contribution is 6.05. The Kier molecular flexibility index (Phi) is 2.08.